The minimum absolute atomic E-state index is 0.936. The molecular weight excluding hydrogens is 821 g/mol. The minimum Gasteiger partial charge on any atom is -0.310 e. The molecule has 2 aliphatic carbocycles. The largest absolute Gasteiger partial charge is 0.310 e. The molecule has 0 atom stereocenters. The Balaban J connectivity index is 0.832. The summed E-state index contributed by atoms with van der Waals surface area (Å²) in [6.45, 7) is 0. The van der Waals surface area contributed by atoms with E-state index in [2.05, 4.69) is 265 Å². The predicted molar refractivity (Wildman–Crippen MR) is 290 cm³/mol. The second-order valence-corrected chi connectivity index (χ2v) is 17.9. The Morgan fingerprint density at radius 1 is 0.324 bits per heavy atom. The maximum absolute atomic E-state index is 2.44. The molecule has 0 fully saturated rings. The van der Waals surface area contributed by atoms with Crippen LogP contribution < -0.4 is 9.80 Å². The molecule has 0 N–H and O–H groups in total. The molecule has 0 bridgehead atoms. The van der Waals surface area contributed by atoms with Crippen molar-refractivity contribution < 1.29 is 0 Å². The first-order valence-electron chi connectivity index (χ1n) is 23.7. The van der Waals surface area contributed by atoms with Crippen molar-refractivity contribution in [1.29, 1.82) is 0 Å². The number of fused-ring (bicyclic) bond motifs is 10. The number of hydrogen-bond acceptors (Lipinski definition) is 2. The molecule has 11 aromatic rings. The topological polar surface area (TPSA) is 6.48 Å². The zero-order valence-electron chi connectivity index (χ0n) is 37.6. The van der Waals surface area contributed by atoms with Crippen LogP contribution in [0.25, 0.3) is 70.9 Å². The van der Waals surface area contributed by atoms with Crippen molar-refractivity contribution in [3.63, 3.8) is 0 Å². The van der Waals surface area contributed by atoms with E-state index in [1.54, 1.807) is 0 Å². The van der Waals surface area contributed by atoms with Crippen LogP contribution in [-0.4, -0.2) is 0 Å². The molecule has 2 aliphatic rings. The summed E-state index contributed by atoms with van der Waals surface area (Å²) in [6, 6.07) is 84.5. The number of rotatable bonds is 8. The molecular formula is C66H46N2. The number of allylic oxidation sites excluding steroid dienone is 6. The van der Waals surface area contributed by atoms with Gasteiger partial charge in [-0.25, -0.2) is 0 Å². The highest BCUT2D eigenvalue weighted by Crippen LogP contribution is 2.47. The normalized spacial score (nSPS) is 13.0. The fourth-order valence-corrected chi connectivity index (χ4v) is 10.8. The summed E-state index contributed by atoms with van der Waals surface area (Å²) in [6.07, 6.45) is 11.2. The molecule has 2 heteroatoms. The first-order valence-corrected chi connectivity index (χ1v) is 23.7. The maximum Gasteiger partial charge on any atom is 0.0546 e. The van der Waals surface area contributed by atoms with Gasteiger partial charge in [0.25, 0.3) is 0 Å². The van der Waals surface area contributed by atoms with E-state index in [0.29, 0.717) is 0 Å². The van der Waals surface area contributed by atoms with Gasteiger partial charge in [-0.1, -0.05) is 194 Å². The van der Waals surface area contributed by atoms with Crippen molar-refractivity contribution in [2.24, 2.45) is 0 Å². The molecule has 0 heterocycles. The van der Waals surface area contributed by atoms with Gasteiger partial charge in [-0.3, -0.25) is 0 Å². The average molecular weight is 867 g/mol. The molecule has 11 aromatic carbocycles. The SMILES string of the molecule is C1=CC2=CCc3c(cc(N(c4ccccc4)c4ccc(-c5ccc(-c6ccc(N(c7ccccc7)c7cc8c9ccccc9ccc8c8ccccc78)cc6)cc5)cc4)c4ccccc34)C2=CC1. The highest BCUT2D eigenvalue weighted by molar-refractivity contribution is 6.21. The zero-order chi connectivity index (χ0) is 45.0. The van der Waals surface area contributed by atoms with E-state index in [-0.39, 0.29) is 0 Å². The van der Waals surface area contributed by atoms with Gasteiger partial charge in [0.15, 0.2) is 0 Å². The molecule has 0 aromatic heterocycles. The van der Waals surface area contributed by atoms with Gasteiger partial charge in [0.2, 0.25) is 0 Å². The van der Waals surface area contributed by atoms with Crippen molar-refractivity contribution in [3.8, 4) is 22.3 Å². The van der Waals surface area contributed by atoms with E-state index < -0.39 is 0 Å². The van der Waals surface area contributed by atoms with Crippen molar-refractivity contribution in [2.45, 2.75) is 12.8 Å². The lowest BCUT2D eigenvalue weighted by Gasteiger charge is -2.30. The van der Waals surface area contributed by atoms with Crippen molar-refractivity contribution in [2.75, 3.05) is 9.80 Å². The van der Waals surface area contributed by atoms with Crippen LogP contribution in [0.4, 0.5) is 34.1 Å². The molecule has 0 aliphatic heterocycles. The molecule has 2 nitrogen and oxygen atoms in total. The highest BCUT2D eigenvalue weighted by atomic mass is 15.1. The van der Waals surface area contributed by atoms with Crippen molar-refractivity contribution in [1.82, 2.24) is 0 Å². The van der Waals surface area contributed by atoms with Crippen LogP contribution in [0.2, 0.25) is 0 Å². The van der Waals surface area contributed by atoms with E-state index in [1.807, 2.05) is 0 Å². The molecule has 0 amide bonds. The quantitative estimate of drug-likeness (QED) is 0.140. The van der Waals surface area contributed by atoms with E-state index in [1.165, 1.54) is 93.3 Å². The number of hydrogen-bond donors (Lipinski definition) is 0. The van der Waals surface area contributed by atoms with Gasteiger partial charge in [0.1, 0.15) is 0 Å². The van der Waals surface area contributed by atoms with Crippen LogP contribution >= 0.6 is 0 Å². The van der Waals surface area contributed by atoms with Crippen LogP contribution in [0, 0.1) is 0 Å². The lowest BCUT2D eigenvalue weighted by Crippen LogP contribution is -2.13. The van der Waals surface area contributed by atoms with Crippen LogP contribution in [0.1, 0.15) is 17.5 Å². The van der Waals surface area contributed by atoms with Gasteiger partial charge in [-0.05, 0) is 150 Å². The van der Waals surface area contributed by atoms with Crippen molar-refractivity contribution >= 4 is 82.8 Å². The molecule has 13 rings (SSSR count). The highest BCUT2D eigenvalue weighted by Gasteiger charge is 2.25. The van der Waals surface area contributed by atoms with Gasteiger partial charge in [-0.2, -0.15) is 0 Å². The molecule has 320 valence electrons. The zero-order valence-corrected chi connectivity index (χ0v) is 37.6. The third kappa shape index (κ3) is 6.81. The summed E-state index contributed by atoms with van der Waals surface area (Å²) < 4.78 is 0. The molecule has 0 unspecified atom stereocenters. The summed E-state index contributed by atoms with van der Waals surface area (Å²) in [5.41, 5.74) is 17.0. The van der Waals surface area contributed by atoms with E-state index in [0.717, 1.165) is 41.3 Å². The molecule has 0 saturated carbocycles. The Morgan fingerprint density at radius 3 is 1.38 bits per heavy atom. The van der Waals surface area contributed by atoms with Gasteiger partial charge < -0.3 is 9.80 Å². The van der Waals surface area contributed by atoms with E-state index in [4.69, 9.17) is 0 Å². The van der Waals surface area contributed by atoms with Crippen LogP contribution in [-0.2, 0) is 6.42 Å². The van der Waals surface area contributed by atoms with Crippen LogP contribution in [0.3, 0.4) is 0 Å². The van der Waals surface area contributed by atoms with E-state index in [9.17, 15) is 0 Å². The smallest absolute Gasteiger partial charge is 0.0546 e. The Morgan fingerprint density at radius 2 is 0.779 bits per heavy atom. The number of nitrogens with zero attached hydrogens (tertiary/aromatic N) is 2. The summed E-state index contributed by atoms with van der Waals surface area (Å²) >= 11 is 0. The third-order valence-corrected chi connectivity index (χ3v) is 14.1. The Bertz CT molecular complexity index is 3810. The van der Waals surface area contributed by atoms with Gasteiger partial charge in [-0.15, -0.1) is 0 Å². The van der Waals surface area contributed by atoms with Gasteiger partial charge in [0.05, 0.1) is 11.4 Å². The maximum atomic E-state index is 2.44. The fourth-order valence-electron chi connectivity index (χ4n) is 10.8. The van der Waals surface area contributed by atoms with Crippen LogP contribution in [0.5, 0.6) is 0 Å². The number of benzene rings is 11. The second-order valence-electron chi connectivity index (χ2n) is 17.9. The number of anilines is 6. The lowest BCUT2D eigenvalue weighted by molar-refractivity contribution is 1.20. The first kappa shape index (κ1) is 39.6. The second kappa shape index (κ2) is 16.6. The molecule has 68 heavy (non-hydrogen) atoms. The Kier molecular flexibility index (Phi) is 9.68. The molecule has 0 radical (unpaired) electrons. The third-order valence-electron chi connectivity index (χ3n) is 14.1. The minimum atomic E-state index is 0.936. The van der Waals surface area contributed by atoms with E-state index >= 15 is 0 Å². The summed E-state index contributed by atoms with van der Waals surface area (Å²) in [5.74, 6) is 0. The standard InChI is InChI=1S/C66H46N2/c1-3-17-51(18-4-1)67(65-43-63-55-21-9-7-15-49(55)35-41-59(63)57-23-11-13-25-61(57)65)53-37-31-47(32-38-53)45-27-29-46(30-28-45)48-33-39-54(40-34-48)68(52-19-5-2-6-20-52)66-44-64-56-22-10-8-16-50(56)36-42-60(64)58-24-12-14-26-62(58)66/h1-9,11-41,43-44H,10,42H2. The fraction of sp³-hybridized carbons (Fsp3) is 0.0303. The summed E-state index contributed by atoms with van der Waals surface area (Å²) in [4.78, 5) is 4.84. The van der Waals surface area contributed by atoms with Gasteiger partial charge in [0, 0.05) is 33.5 Å². The summed E-state index contributed by atoms with van der Waals surface area (Å²) in [7, 11) is 0. The monoisotopic (exact) mass is 866 g/mol. The predicted octanol–water partition coefficient (Wildman–Crippen LogP) is 18.4. The average Bonchev–Trinajstić information content (AvgIpc) is 3.42. The lowest BCUT2D eigenvalue weighted by atomic mass is 9.81. The number of para-hydroxylation sites is 2. The van der Waals surface area contributed by atoms with Crippen LogP contribution in [0.15, 0.2) is 260 Å². The molecule has 0 spiro atoms. The van der Waals surface area contributed by atoms with Gasteiger partial charge >= 0.3 is 0 Å². The summed E-state index contributed by atoms with van der Waals surface area (Å²) in [5, 5.41) is 10.1. The first-order chi connectivity index (χ1) is 33.7. The Labute approximate surface area is 397 Å². The Hall–Kier alpha value is -8.72. The molecule has 0 saturated heterocycles. The van der Waals surface area contributed by atoms with Crippen molar-refractivity contribution in [3.05, 3.63) is 272 Å².